The maximum absolute atomic E-state index is 11.8. The summed E-state index contributed by atoms with van der Waals surface area (Å²) in [6.45, 7) is 4.09. The number of carboxylic acids is 1. The van der Waals surface area contributed by atoms with Crippen molar-refractivity contribution in [3.63, 3.8) is 0 Å². The van der Waals surface area contributed by atoms with E-state index >= 15 is 0 Å². The summed E-state index contributed by atoms with van der Waals surface area (Å²) in [4.78, 5) is 30.0. The van der Waals surface area contributed by atoms with Gasteiger partial charge in [-0.25, -0.2) is 9.59 Å². The average molecular weight is 398 g/mol. The average Bonchev–Trinajstić information content (AvgIpc) is 2.72. The molecule has 2 aromatic rings. The summed E-state index contributed by atoms with van der Waals surface area (Å²) in [5, 5.41) is 19.2. The van der Waals surface area contributed by atoms with E-state index in [1.807, 2.05) is 30.3 Å². The predicted molar refractivity (Wildman–Crippen MR) is 104 cm³/mol. The summed E-state index contributed by atoms with van der Waals surface area (Å²) < 4.78 is 5.55. The van der Waals surface area contributed by atoms with Crippen molar-refractivity contribution in [3.8, 4) is 5.75 Å². The first-order valence-corrected chi connectivity index (χ1v) is 9.02. The van der Waals surface area contributed by atoms with E-state index in [4.69, 9.17) is 9.57 Å². The van der Waals surface area contributed by atoms with E-state index < -0.39 is 24.1 Å². The van der Waals surface area contributed by atoms with Gasteiger partial charge in [-0.2, -0.15) is 5.48 Å². The molecule has 8 heteroatoms. The largest absolute Gasteiger partial charge is 0.490 e. The zero-order valence-electron chi connectivity index (χ0n) is 15.7. The first-order valence-electron chi connectivity index (χ1n) is 9.02. The van der Waals surface area contributed by atoms with E-state index in [0.717, 1.165) is 10.5 Å². The van der Waals surface area contributed by atoms with Crippen molar-refractivity contribution >= 4 is 12.1 Å². The van der Waals surface area contributed by atoms with Crippen LogP contribution in [0.4, 0.5) is 4.79 Å². The third-order valence-electron chi connectivity index (χ3n) is 4.57. The normalized spacial score (nSPS) is 18.0. The molecule has 1 aliphatic rings. The van der Waals surface area contributed by atoms with Crippen LogP contribution in [0.2, 0.25) is 0 Å². The van der Waals surface area contributed by atoms with Gasteiger partial charge in [-0.15, -0.1) is 0 Å². The number of benzene rings is 2. The Hall–Kier alpha value is -3.36. The fourth-order valence-electron chi connectivity index (χ4n) is 3.27. The second-order valence-electron chi connectivity index (χ2n) is 6.51. The van der Waals surface area contributed by atoms with E-state index in [9.17, 15) is 19.8 Å². The van der Waals surface area contributed by atoms with Crippen molar-refractivity contribution in [1.82, 2.24) is 10.4 Å². The van der Waals surface area contributed by atoms with Gasteiger partial charge in [0.2, 0.25) is 0 Å². The number of hydroxylamine groups is 1. The molecule has 0 radical (unpaired) electrons. The van der Waals surface area contributed by atoms with Gasteiger partial charge < -0.3 is 14.9 Å². The first kappa shape index (κ1) is 20.4. The maximum atomic E-state index is 11.8. The van der Waals surface area contributed by atoms with Crippen LogP contribution in [0.3, 0.4) is 0 Å². The molecule has 0 spiro atoms. The van der Waals surface area contributed by atoms with Crippen molar-refractivity contribution in [2.45, 2.75) is 18.7 Å². The number of nitrogens with one attached hydrogen (secondary N) is 1. The van der Waals surface area contributed by atoms with Crippen LogP contribution in [0.5, 0.6) is 5.75 Å². The summed E-state index contributed by atoms with van der Waals surface area (Å²) in [6, 6.07) is 12.5. The Morgan fingerprint density at radius 2 is 1.93 bits per heavy atom. The summed E-state index contributed by atoms with van der Waals surface area (Å²) in [5.74, 6) is -0.705. The number of amides is 1. The second-order valence-corrected chi connectivity index (χ2v) is 6.51. The molecule has 29 heavy (non-hydrogen) atoms. The number of fused-ring (bicyclic) bond motifs is 1. The SMILES string of the molecule is C=CCOc1ccc2c(c1)C(NOCc1ccccc1)CN(C(=O)O)[C@@H]2C(=O)O. The molecule has 152 valence electrons. The molecule has 2 aromatic carbocycles. The zero-order chi connectivity index (χ0) is 20.8. The minimum Gasteiger partial charge on any atom is -0.490 e. The maximum Gasteiger partial charge on any atom is 0.408 e. The molecule has 1 amide bonds. The Labute approximate surface area is 167 Å². The summed E-state index contributed by atoms with van der Waals surface area (Å²) >= 11 is 0. The number of rotatable bonds is 8. The van der Waals surface area contributed by atoms with E-state index in [1.54, 1.807) is 24.3 Å². The predicted octanol–water partition coefficient (Wildman–Crippen LogP) is 3.13. The quantitative estimate of drug-likeness (QED) is 0.463. The molecule has 3 N–H and O–H groups in total. The number of nitrogens with zero attached hydrogens (tertiary/aromatic N) is 1. The zero-order valence-corrected chi connectivity index (χ0v) is 15.7. The van der Waals surface area contributed by atoms with Crippen LogP contribution < -0.4 is 10.2 Å². The standard InChI is InChI=1S/C21H22N2O6/c1-2-10-28-15-8-9-16-17(11-15)18(12-23(21(26)27)19(16)20(24)25)22-29-13-14-6-4-3-5-7-14/h2-9,11,18-19,22H,1,10,12-13H2,(H,24,25)(H,26,27)/t18?,19-/m0/s1. The Morgan fingerprint density at radius 3 is 2.59 bits per heavy atom. The van der Waals surface area contributed by atoms with E-state index in [1.165, 1.54) is 0 Å². The number of hydrogen-bond donors (Lipinski definition) is 3. The topological polar surface area (TPSA) is 108 Å². The summed E-state index contributed by atoms with van der Waals surface area (Å²) in [5.41, 5.74) is 4.81. The number of carbonyl (C=O) groups is 2. The molecule has 3 rings (SSSR count). The molecule has 0 aliphatic carbocycles. The summed E-state index contributed by atoms with van der Waals surface area (Å²) in [7, 11) is 0. The van der Waals surface area contributed by atoms with Gasteiger partial charge in [0, 0.05) is 6.54 Å². The van der Waals surface area contributed by atoms with Gasteiger partial charge in [-0.05, 0) is 28.8 Å². The minimum atomic E-state index is -1.31. The highest BCUT2D eigenvalue weighted by atomic mass is 16.6. The lowest BCUT2D eigenvalue weighted by Gasteiger charge is -2.37. The monoisotopic (exact) mass is 398 g/mol. The Bertz CT molecular complexity index is 886. The lowest BCUT2D eigenvalue weighted by Crippen LogP contribution is -2.47. The van der Waals surface area contributed by atoms with Gasteiger partial charge >= 0.3 is 12.1 Å². The van der Waals surface area contributed by atoms with Gasteiger partial charge in [0.15, 0.2) is 6.04 Å². The number of ether oxygens (including phenoxy) is 1. The van der Waals surface area contributed by atoms with Crippen molar-refractivity contribution in [2.75, 3.05) is 13.2 Å². The van der Waals surface area contributed by atoms with Crippen LogP contribution in [0.1, 0.15) is 28.8 Å². The third kappa shape index (κ3) is 4.74. The molecule has 1 heterocycles. The van der Waals surface area contributed by atoms with Gasteiger partial charge in [0.05, 0.1) is 12.6 Å². The Morgan fingerprint density at radius 1 is 1.17 bits per heavy atom. The van der Waals surface area contributed by atoms with Crippen molar-refractivity contribution in [2.24, 2.45) is 0 Å². The van der Waals surface area contributed by atoms with Gasteiger partial charge in [-0.3, -0.25) is 9.74 Å². The molecule has 0 saturated carbocycles. The van der Waals surface area contributed by atoms with Gasteiger partial charge in [0.25, 0.3) is 0 Å². The molecular weight excluding hydrogens is 376 g/mol. The van der Waals surface area contributed by atoms with Crippen LogP contribution in [-0.2, 0) is 16.2 Å². The van der Waals surface area contributed by atoms with Crippen LogP contribution in [-0.4, -0.2) is 40.3 Å². The second kappa shape index (κ2) is 9.22. The molecule has 1 unspecified atom stereocenters. The third-order valence-corrected chi connectivity index (χ3v) is 4.57. The van der Waals surface area contributed by atoms with E-state index in [2.05, 4.69) is 12.1 Å². The van der Waals surface area contributed by atoms with E-state index in [0.29, 0.717) is 23.5 Å². The fourth-order valence-corrected chi connectivity index (χ4v) is 3.27. The molecule has 0 aromatic heterocycles. The van der Waals surface area contributed by atoms with Crippen molar-refractivity contribution in [1.29, 1.82) is 0 Å². The molecule has 0 saturated heterocycles. The van der Waals surface area contributed by atoms with Crippen LogP contribution >= 0.6 is 0 Å². The molecule has 1 aliphatic heterocycles. The summed E-state index contributed by atoms with van der Waals surface area (Å²) in [6.07, 6.45) is 0.287. The highest BCUT2D eigenvalue weighted by Crippen LogP contribution is 2.37. The highest BCUT2D eigenvalue weighted by Gasteiger charge is 2.40. The Kier molecular flexibility index (Phi) is 6.48. The number of aliphatic carboxylic acids is 1. The number of hydrogen-bond acceptors (Lipinski definition) is 5. The van der Waals surface area contributed by atoms with Crippen molar-refractivity contribution in [3.05, 3.63) is 77.9 Å². The Balaban J connectivity index is 1.87. The molecule has 0 fully saturated rings. The first-order chi connectivity index (χ1) is 14.0. The van der Waals surface area contributed by atoms with Gasteiger partial charge in [-0.1, -0.05) is 49.1 Å². The number of carboxylic acid groups (broad SMARTS) is 2. The molecule has 8 nitrogen and oxygen atoms in total. The van der Waals surface area contributed by atoms with Crippen molar-refractivity contribution < 1.29 is 29.4 Å². The minimum absolute atomic E-state index is 0.0843. The van der Waals surface area contributed by atoms with Gasteiger partial charge in [0.1, 0.15) is 12.4 Å². The highest BCUT2D eigenvalue weighted by molar-refractivity contribution is 5.82. The van der Waals surface area contributed by atoms with Crippen LogP contribution in [0.15, 0.2) is 61.2 Å². The molecular formula is C21H22N2O6. The fraction of sp³-hybridized carbons (Fsp3) is 0.238. The van der Waals surface area contributed by atoms with E-state index in [-0.39, 0.29) is 13.2 Å². The lowest BCUT2D eigenvalue weighted by molar-refractivity contribution is -0.143. The molecule has 0 bridgehead atoms. The lowest BCUT2D eigenvalue weighted by atomic mass is 9.89. The van der Waals surface area contributed by atoms with Crippen LogP contribution in [0, 0.1) is 0 Å². The molecule has 2 atom stereocenters. The smallest absolute Gasteiger partial charge is 0.408 e. The van der Waals surface area contributed by atoms with Crippen LogP contribution in [0.25, 0.3) is 0 Å².